The Morgan fingerprint density at radius 2 is 1.89 bits per heavy atom. The summed E-state index contributed by atoms with van der Waals surface area (Å²) in [7, 11) is 0. The number of hydrogen-bond donors (Lipinski definition) is 0. The lowest BCUT2D eigenvalue weighted by Gasteiger charge is -2.07. The van der Waals surface area contributed by atoms with E-state index in [-0.39, 0.29) is 24.1 Å². The standard InChI is InChI=1S/C11H8ClF3N2O/c12-6-10-17-16-9(18-10)5-7-2-1-3-8(4-7)11(13,14)15/h1-4H,5-6H2. The Morgan fingerprint density at radius 1 is 1.17 bits per heavy atom. The van der Waals surface area contributed by atoms with Gasteiger partial charge in [-0.05, 0) is 11.6 Å². The molecule has 1 aromatic heterocycles. The van der Waals surface area contributed by atoms with Crippen LogP contribution in [0.1, 0.15) is 22.9 Å². The van der Waals surface area contributed by atoms with Crippen LogP contribution in [-0.4, -0.2) is 10.2 Å². The number of nitrogens with zero attached hydrogens (tertiary/aromatic N) is 2. The summed E-state index contributed by atoms with van der Waals surface area (Å²) in [5.41, 5.74) is -0.244. The smallest absolute Gasteiger partial charge is 0.416 e. The van der Waals surface area contributed by atoms with E-state index in [4.69, 9.17) is 16.0 Å². The van der Waals surface area contributed by atoms with Crippen molar-refractivity contribution in [2.75, 3.05) is 0 Å². The minimum absolute atomic E-state index is 0.0790. The van der Waals surface area contributed by atoms with Crippen molar-refractivity contribution in [3.05, 3.63) is 47.2 Å². The first-order chi connectivity index (χ1) is 8.49. The number of benzene rings is 1. The lowest BCUT2D eigenvalue weighted by molar-refractivity contribution is -0.137. The molecule has 3 nitrogen and oxygen atoms in total. The molecule has 7 heteroatoms. The van der Waals surface area contributed by atoms with E-state index < -0.39 is 11.7 Å². The average Bonchev–Trinajstić information content (AvgIpc) is 2.76. The van der Waals surface area contributed by atoms with Gasteiger partial charge in [0.2, 0.25) is 11.8 Å². The van der Waals surface area contributed by atoms with Crippen LogP contribution in [0.3, 0.4) is 0 Å². The van der Waals surface area contributed by atoms with Gasteiger partial charge >= 0.3 is 6.18 Å². The highest BCUT2D eigenvalue weighted by Gasteiger charge is 2.30. The quantitative estimate of drug-likeness (QED) is 0.806. The minimum atomic E-state index is -4.36. The second-order valence-corrected chi connectivity index (χ2v) is 3.87. The number of aromatic nitrogens is 2. The zero-order valence-corrected chi connectivity index (χ0v) is 9.79. The van der Waals surface area contributed by atoms with Crippen LogP contribution in [0.15, 0.2) is 28.7 Å². The van der Waals surface area contributed by atoms with Crippen molar-refractivity contribution in [1.29, 1.82) is 0 Å². The summed E-state index contributed by atoms with van der Waals surface area (Å²) in [5.74, 6) is 0.568. The number of halogens is 4. The highest BCUT2D eigenvalue weighted by atomic mass is 35.5. The molecule has 0 N–H and O–H groups in total. The molecule has 0 aliphatic rings. The van der Waals surface area contributed by atoms with Crippen LogP contribution in [0.4, 0.5) is 13.2 Å². The summed E-state index contributed by atoms with van der Waals surface area (Å²) in [5, 5.41) is 7.32. The van der Waals surface area contributed by atoms with Crippen molar-refractivity contribution in [1.82, 2.24) is 10.2 Å². The van der Waals surface area contributed by atoms with E-state index in [0.29, 0.717) is 5.56 Å². The van der Waals surface area contributed by atoms with Gasteiger partial charge in [-0.15, -0.1) is 21.8 Å². The molecule has 0 aliphatic carbocycles. The Bertz CT molecular complexity index is 539. The number of alkyl halides is 4. The highest BCUT2D eigenvalue weighted by Crippen LogP contribution is 2.29. The molecule has 2 rings (SSSR count). The molecule has 0 aliphatic heterocycles. The molecule has 0 saturated heterocycles. The lowest BCUT2D eigenvalue weighted by Crippen LogP contribution is -2.05. The summed E-state index contributed by atoms with van der Waals surface area (Å²) in [6.07, 6.45) is -4.21. The van der Waals surface area contributed by atoms with Crippen molar-refractivity contribution < 1.29 is 17.6 Å². The fraction of sp³-hybridized carbons (Fsp3) is 0.273. The van der Waals surface area contributed by atoms with E-state index in [9.17, 15) is 13.2 Å². The monoisotopic (exact) mass is 276 g/mol. The van der Waals surface area contributed by atoms with Crippen LogP contribution in [0.2, 0.25) is 0 Å². The predicted octanol–water partition coefficient (Wildman–Crippen LogP) is 3.42. The molecule has 0 atom stereocenters. The zero-order chi connectivity index (χ0) is 13.2. The Labute approximate surface area is 106 Å². The summed E-state index contributed by atoms with van der Waals surface area (Å²) >= 11 is 5.48. The van der Waals surface area contributed by atoms with E-state index in [1.54, 1.807) is 6.07 Å². The van der Waals surface area contributed by atoms with Gasteiger partial charge in [-0.3, -0.25) is 0 Å². The van der Waals surface area contributed by atoms with E-state index in [2.05, 4.69) is 10.2 Å². The number of hydrogen-bond acceptors (Lipinski definition) is 3. The predicted molar refractivity (Wildman–Crippen MR) is 58.1 cm³/mol. The first kappa shape index (κ1) is 12.9. The van der Waals surface area contributed by atoms with Crippen LogP contribution >= 0.6 is 11.6 Å². The molecular formula is C11H8ClF3N2O. The van der Waals surface area contributed by atoms with Crippen molar-refractivity contribution in [2.24, 2.45) is 0 Å². The summed E-state index contributed by atoms with van der Waals surface area (Å²) in [6, 6.07) is 4.99. The largest absolute Gasteiger partial charge is 0.424 e. The summed E-state index contributed by atoms with van der Waals surface area (Å²) < 4.78 is 42.6. The highest BCUT2D eigenvalue weighted by molar-refractivity contribution is 6.16. The molecule has 0 bridgehead atoms. The van der Waals surface area contributed by atoms with Crippen LogP contribution < -0.4 is 0 Å². The molecule has 0 unspecified atom stereocenters. The van der Waals surface area contributed by atoms with Crippen LogP contribution in [0.25, 0.3) is 0 Å². The lowest BCUT2D eigenvalue weighted by atomic mass is 10.1. The maximum absolute atomic E-state index is 12.5. The van der Waals surface area contributed by atoms with Gasteiger partial charge in [0.15, 0.2) is 0 Å². The molecule has 18 heavy (non-hydrogen) atoms. The fourth-order valence-corrected chi connectivity index (χ4v) is 1.55. The molecule has 0 saturated carbocycles. The van der Waals surface area contributed by atoms with E-state index in [1.807, 2.05) is 0 Å². The average molecular weight is 277 g/mol. The van der Waals surface area contributed by atoms with Crippen molar-refractivity contribution in [2.45, 2.75) is 18.5 Å². The molecule has 2 aromatic rings. The van der Waals surface area contributed by atoms with Gasteiger partial charge in [-0.25, -0.2) is 0 Å². The summed E-state index contributed by atoms with van der Waals surface area (Å²) in [6.45, 7) is 0. The second-order valence-electron chi connectivity index (χ2n) is 3.60. The van der Waals surface area contributed by atoms with Crippen LogP contribution in [-0.2, 0) is 18.5 Å². The van der Waals surface area contributed by atoms with E-state index in [1.165, 1.54) is 6.07 Å². The molecule has 0 amide bonds. The molecule has 0 radical (unpaired) electrons. The molecular weight excluding hydrogens is 269 g/mol. The Kier molecular flexibility index (Phi) is 3.56. The van der Waals surface area contributed by atoms with Gasteiger partial charge < -0.3 is 4.42 Å². The van der Waals surface area contributed by atoms with Crippen molar-refractivity contribution in [3.8, 4) is 0 Å². The third kappa shape index (κ3) is 3.01. The third-order valence-corrected chi connectivity index (χ3v) is 2.46. The maximum Gasteiger partial charge on any atom is 0.416 e. The van der Waals surface area contributed by atoms with Gasteiger partial charge in [0, 0.05) is 0 Å². The van der Waals surface area contributed by atoms with Gasteiger partial charge in [0.1, 0.15) is 5.88 Å². The Hall–Kier alpha value is -1.56. The first-order valence-electron chi connectivity index (χ1n) is 5.02. The van der Waals surface area contributed by atoms with Gasteiger partial charge in [0.05, 0.1) is 12.0 Å². The first-order valence-corrected chi connectivity index (χ1v) is 5.56. The Balaban J connectivity index is 2.19. The van der Waals surface area contributed by atoms with Crippen LogP contribution in [0, 0.1) is 0 Å². The van der Waals surface area contributed by atoms with E-state index >= 15 is 0 Å². The molecule has 96 valence electrons. The molecule has 1 aromatic carbocycles. The van der Waals surface area contributed by atoms with Crippen LogP contribution in [0.5, 0.6) is 0 Å². The SMILES string of the molecule is FC(F)(F)c1cccc(Cc2nnc(CCl)o2)c1. The molecule has 1 heterocycles. The topological polar surface area (TPSA) is 38.9 Å². The van der Waals surface area contributed by atoms with Gasteiger partial charge in [0.25, 0.3) is 0 Å². The minimum Gasteiger partial charge on any atom is -0.424 e. The van der Waals surface area contributed by atoms with E-state index in [0.717, 1.165) is 12.1 Å². The molecule has 0 fully saturated rings. The third-order valence-electron chi connectivity index (χ3n) is 2.23. The van der Waals surface area contributed by atoms with Crippen molar-refractivity contribution >= 4 is 11.6 Å². The normalized spacial score (nSPS) is 11.8. The molecule has 0 spiro atoms. The summed E-state index contributed by atoms with van der Waals surface area (Å²) in [4.78, 5) is 0. The van der Waals surface area contributed by atoms with Gasteiger partial charge in [-0.2, -0.15) is 13.2 Å². The number of rotatable bonds is 3. The Morgan fingerprint density at radius 3 is 2.50 bits per heavy atom. The zero-order valence-electron chi connectivity index (χ0n) is 9.04. The maximum atomic E-state index is 12.5. The second kappa shape index (κ2) is 4.97. The van der Waals surface area contributed by atoms with Gasteiger partial charge in [-0.1, -0.05) is 18.2 Å². The van der Waals surface area contributed by atoms with Crippen molar-refractivity contribution in [3.63, 3.8) is 0 Å². The fourth-order valence-electron chi connectivity index (χ4n) is 1.45.